The van der Waals surface area contributed by atoms with Crippen LogP contribution in [0.25, 0.3) is 0 Å². The highest BCUT2D eigenvalue weighted by molar-refractivity contribution is 6.16. The molecule has 1 atom stereocenters. The van der Waals surface area contributed by atoms with Crippen molar-refractivity contribution in [2.45, 2.75) is 24.8 Å². The van der Waals surface area contributed by atoms with Gasteiger partial charge >= 0.3 is 0 Å². The molecule has 1 saturated heterocycles. The van der Waals surface area contributed by atoms with E-state index in [1.165, 1.54) is 19.4 Å². The Hall–Kier alpha value is -0.870. The Kier molecular flexibility index (Phi) is 4.18. The standard InChI is InChI=1S/C12H19ClN4/c1-16-5-3-4-11(16)9-17(2)12-8-14-10(6-13)7-15-12/h7-8,11H,3-6,9H2,1-2H3. The molecule has 1 aromatic heterocycles. The van der Waals surface area contributed by atoms with Gasteiger partial charge in [-0.2, -0.15) is 0 Å². The first-order valence-corrected chi connectivity index (χ1v) is 6.52. The van der Waals surface area contributed by atoms with E-state index in [1.54, 1.807) is 12.4 Å². The van der Waals surface area contributed by atoms with Crippen LogP contribution in [0.5, 0.6) is 0 Å². The molecule has 0 amide bonds. The van der Waals surface area contributed by atoms with Crippen molar-refractivity contribution in [1.82, 2.24) is 14.9 Å². The van der Waals surface area contributed by atoms with Gasteiger partial charge in [-0.3, -0.25) is 4.98 Å². The Balaban J connectivity index is 1.96. The number of aromatic nitrogens is 2. The number of likely N-dealkylation sites (N-methyl/N-ethyl adjacent to an activating group) is 2. The highest BCUT2D eigenvalue weighted by atomic mass is 35.5. The molecule has 94 valence electrons. The van der Waals surface area contributed by atoms with Crippen LogP contribution >= 0.6 is 11.6 Å². The van der Waals surface area contributed by atoms with E-state index in [-0.39, 0.29) is 0 Å². The zero-order valence-corrected chi connectivity index (χ0v) is 11.2. The van der Waals surface area contributed by atoms with Crippen LogP contribution in [0, 0.1) is 0 Å². The van der Waals surface area contributed by atoms with Gasteiger partial charge in [-0.15, -0.1) is 11.6 Å². The average molecular weight is 255 g/mol. The normalized spacial score (nSPS) is 20.8. The van der Waals surface area contributed by atoms with Gasteiger partial charge in [-0.1, -0.05) is 0 Å². The minimum absolute atomic E-state index is 0.419. The van der Waals surface area contributed by atoms with Gasteiger partial charge in [0, 0.05) is 19.6 Å². The zero-order valence-electron chi connectivity index (χ0n) is 10.4. The molecule has 1 aliphatic rings. The Morgan fingerprint density at radius 3 is 2.82 bits per heavy atom. The molecule has 0 aromatic carbocycles. The van der Waals surface area contributed by atoms with Crippen molar-refractivity contribution in [2.24, 2.45) is 0 Å². The average Bonchev–Trinajstić information content (AvgIpc) is 2.75. The third-order valence-corrected chi connectivity index (χ3v) is 3.65. The lowest BCUT2D eigenvalue weighted by Gasteiger charge is -2.26. The molecule has 0 aliphatic carbocycles. The molecule has 1 aromatic rings. The summed E-state index contributed by atoms with van der Waals surface area (Å²) < 4.78 is 0. The van der Waals surface area contributed by atoms with Crippen LogP contribution < -0.4 is 4.90 Å². The topological polar surface area (TPSA) is 32.3 Å². The highest BCUT2D eigenvalue weighted by Gasteiger charge is 2.22. The first-order chi connectivity index (χ1) is 8.20. The highest BCUT2D eigenvalue weighted by Crippen LogP contribution is 2.17. The maximum atomic E-state index is 5.69. The maximum absolute atomic E-state index is 5.69. The summed E-state index contributed by atoms with van der Waals surface area (Å²) in [6.45, 7) is 2.21. The summed E-state index contributed by atoms with van der Waals surface area (Å²) in [5.74, 6) is 1.33. The number of hydrogen-bond acceptors (Lipinski definition) is 4. The van der Waals surface area contributed by atoms with Gasteiger partial charge in [0.05, 0.1) is 24.0 Å². The third-order valence-electron chi connectivity index (χ3n) is 3.38. The van der Waals surface area contributed by atoms with E-state index in [4.69, 9.17) is 11.6 Å². The first-order valence-electron chi connectivity index (χ1n) is 5.99. The van der Waals surface area contributed by atoms with Crippen LogP contribution in [-0.2, 0) is 5.88 Å². The van der Waals surface area contributed by atoms with Gasteiger partial charge in [0.1, 0.15) is 5.82 Å². The Morgan fingerprint density at radius 2 is 2.29 bits per heavy atom. The molecule has 5 heteroatoms. The lowest BCUT2D eigenvalue weighted by atomic mass is 10.2. The Morgan fingerprint density at radius 1 is 1.47 bits per heavy atom. The van der Waals surface area contributed by atoms with Crippen LogP contribution in [0.4, 0.5) is 5.82 Å². The first kappa shape index (κ1) is 12.6. The molecule has 0 saturated carbocycles. The fraction of sp³-hybridized carbons (Fsp3) is 0.667. The fourth-order valence-corrected chi connectivity index (χ4v) is 2.37. The van der Waals surface area contributed by atoms with Crippen molar-refractivity contribution in [3.8, 4) is 0 Å². The van der Waals surface area contributed by atoms with E-state index in [9.17, 15) is 0 Å². The van der Waals surface area contributed by atoms with Gasteiger partial charge < -0.3 is 9.80 Å². The molecule has 2 heterocycles. The number of nitrogens with zero attached hydrogens (tertiary/aromatic N) is 4. The van der Waals surface area contributed by atoms with E-state index in [0.717, 1.165) is 18.1 Å². The van der Waals surface area contributed by atoms with E-state index in [0.29, 0.717) is 11.9 Å². The van der Waals surface area contributed by atoms with Gasteiger partial charge in [0.15, 0.2) is 0 Å². The van der Waals surface area contributed by atoms with Crippen molar-refractivity contribution in [3.05, 3.63) is 18.1 Å². The van der Waals surface area contributed by atoms with Crippen molar-refractivity contribution in [1.29, 1.82) is 0 Å². The minimum atomic E-state index is 0.419. The number of halogens is 1. The predicted octanol–water partition coefficient (Wildman–Crippen LogP) is 1.75. The lowest BCUT2D eigenvalue weighted by Crippen LogP contribution is -2.37. The van der Waals surface area contributed by atoms with Crippen molar-refractivity contribution < 1.29 is 0 Å². The molecule has 0 N–H and O–H groups in total. The summed E-state index contributed by atoms with van der Waals surface area (Å²) in [5, 5.41) is 0. The minimum Gasteiger partial charge on any atom is -0.357 e. The Labute approximate surface area is 108 Å². The molecule has 0 spiro atoms. The quantitative estimate of drug-likeness (QED) is 0.767. The maximum Gasteiger partial charge on any atom is 0.146 e. The monoisotopic (exact) mass is 254 g/mol. The Bertz CT molecular complexity index is 354. The van der Waals surface area contributed by atoms with Gasteiger partial charge in [0.2, 0.25) is 0 Å². The van der Waals surface area contributed by atoms with Crippen molar-refractivity contribution in [2.75, 3.05) is 32.1 Å². The van der Waals surface area contributed by atoms with Crippen LogP contribution in [0.15, 0.2) is 12.4 Å². The van der Waals surface area contributed by atoms with Gasteiger partial charge in [-0.05, 0) is 26.4 Å². The van der Waals surface area contributed by atoms with E-state index >= 15 is 0 Å². The molecule has 2 rings (SSSR count). The molecule has 17 heavy (non-hydrogen) atoms. The van der Waals surface area contributed by atoms with E-state index in [2.05, 4.69) is 33.9 Å². The molecule has 0 bridgehead atoms. The number of alkyl halides is 1. The lowest BCUT2D eigenvalue weighted by molar-refractivity contribution is 0.314. The number of rotatable bonds is 4. The van der Waals surface area contributed by atoms with Crippen LogP contribution in [0.1, 0.15) is 18.5 Å². The molecule has 0 radical (unpaired) electrons. The van der Waals surface area contributed by atoms with E-state index in [1.807, 2.05) is 0 Å². The zero-order chi connectivity index (χ0) is 12.3. The fourth-order valence-electron chi connectivity index (χ4n) is 2.23. The summed E-state index contributed by atoms with van der Waals surface area (Å²) in [4.78, 5) is 13.2. The third kappa shape index (κ3) is 3.07. The van der Waals surface area contributed by atoms with Crippen molar-refractivity contribution >= 4 is 17.4 Å². The SMILES string of the molecule is CN(CC1CCCN1C)c1cnc(CCl)cn1. The summed E-state index contributed by atoms with van der Waals surface area (Å²) >= 11 is 5.69. The second-order valence-electron chi connectivity index (χ2n) is 4.66. The largest absolute Gasteiger partial charge is 0.357 e. The van der Waals surface area contributed by atoms with Gasteiger partial charge in [-0.25, -0.2) is 4.98 Å². The summed E-state index contributed by atoms with van der Waals surface area (Å²) in [6.07, 6.45) is 6.11. The smallest absolute Gasteiger partial charge is 0.146 e. The summed E-state index contributed by atoms with van der Waals surface area (Å²) in [5.41, 5.74) is 0.821. The summed E-state index contributed by atoms with van der Waals surface area (Å²) in [6, 6.07) is 0.634. The molecule has 1 aliphatic heterocycles. The van der Waals surface area contributed by atoms with Gasteiger partial charge in [0.25, 0.3) is 0 Å². The molecule has 4 nitrogen and oxygen atoms in total. The van der Waals surface area contributed by atoms with Crippen LogP contribution in [-0.4, -0.2) is 48.1 Å². The molecular weight excluding hydrogens is 236 g/mol. The second-order valence-corrected chi connectivity index (χ2v) is 4.92. The summed E-state index contributed by atoms with van der Waals surface area (Å²) in [7, 11) is 4.25. The number of hydrogen-bond donors (Lipinski definition) is 0. The number of anilines is 1. The molecular formula is C12H19ClN4. The van der Waals surface area contributed by atoms with Crippen LogP contribution in [0.2, 0.25) is 0 Å². The number of likely N-dealkylation sites (tertiary alicyclic amines) is 1. The van der Waals surface area contributed by atoms with E-state index < -0.39 is 0 Å². The van der Waals surface area contributed by atoms with Crippen LogP contribution in [0.3, 0.4) is 0 Å². The second kappa shape index (κ2) is 5.65. The molecule has 1 fully saturated rings. The predicted molar refractivity (Wildman–Crippen MR) is 70.5 cm³/mol. The molecule has 1 unspecified atom stereocenters. The van der Waals surface area contributed by atoms with Crippen molar-refractivity contribution in [3.63, 3.8) is 0 Å².